The molecule has 1 aliphatic carbocycles. The molecule has 1 atom stereocenters. The zero-order valence-corrected chi connectivity index (χ0v) is 12.1. The van der Waals surface area contributed by atoms with E-state index in [1.165, 1.54) is 6.42 Å². The third kappa shape index (κ3) is 3.14. The van der Waals surface area contributed by atoms with Gasteiger partial charge in [-0.2, -0.15) is 0 Å². The summed E-state index contributed by atoms with van der Waals surface area (Å²) in [5.41, 5.74) is 0. The highest BCUT2D eigenvalue weighted by Crippen LogP contribution is 2.28. The van der Waals surface area contributed by atoms with Gasteiger partial charge < -0.3 is 9.64 Å². The van der Waals surface area contributed by atoms with Crippen molar-refractivity contribution in [3.05, 3.63) is 0 Å². The third-order valence-electron chi connectivity index (χ3n) is 4.78. The Kier molecular flexibility index (Phi) is 4.24. The first-order valence-electron chi connectivity index (χ1n) is 7.93. The van der Waals surface area contributed by atoms with Crippen LogP contribution < -0.4 is 0 Å². The van der Waals surface area contributed by atoms with Crippen molar-refractivity contribution in [2.24, 2.45) is 5.92 Å². The van der Waals surface area contributed by atoms with Crippen LogP contribution in [0.4, 0.5) is 0 Å². The predicted molar refractivity (Wildman–Crippen MR) is 74.1 cm³/mol. The number of esters is 1. The lowest BCUT2D eigenvalue weighted by atomic mass is 9.84. The summed E-state index contributed by atoms with van der Waals surface area (Å²) in [6, 6.07) is 0. The third-order valence-corrected chi connectivity index (χ3v) is 4.78. The molecule has 5 nitrogen and oxygen atoms in total. The van der Waals surface area contributed by atoms with E-state index in [2.05, 4.69) is 4.90 Å². The molecule has 0 bridgehead atoms. The van der Waals surface area contributed by atoms with E-state index in [0.717, 1.165) is 58.4 Å². The van der Waals surface area contributed by atoms with E-state index in [4.69, 9.17) is 4.74 Å². The highest BCUT2D eigenvalue weighted by molar-refractivity contribution is 5.79. The Hall–Kier alpha value is -1.10. The molecule has 20 heavy (non-hydrogen) atoms. The van der Waals surface area contributed by atoms with E-state index in [-0.39, 0.29) is 12.1 Å². The van der Waals surface area contributed by atoms with Crippen LogP contribution in [0.2, 0.25) is 0 Å². The minimum atomic E-state index is -0.0633. The predicted octanol–water partition coefficient (Wildman–Crippen LogP) is 1.03. The van der Waals surface area contributed by atoms with Gasteiger partial charge in [0.25, 0.3) is 0 Å². The number of nitrogens with zero attached hydrogens (tertiary/aromatic N) is 2. The molecule has 0 aromatic heterocycles. The summed E-state index contributed by atoms with van der Waals surface area (Å²) in [4.78, 5) is 27.8. The van der Waals surface area contributed by atoms with E-state index in [1.54, 1.807) is 0 Å². The molecule has 1 saturated carbocycles. The van der Waals surface area contributed by atoms with Crippen LogP contribution in [0, 0.1) is 5.92 Å². The first-order chi connectivity index (χ1) is 9.72. The molecule has 112 valence electrons. The van der Waals surface area contributed by atoms with Crippen molar-refractivity contribution in [3.63, 3.8) is 0 Å². The van der Waals surface area contributed by atoms with Crippen LogP contribution >= 0.6 is 0 Å². The fourth-order valence-electron chi connectivity index (χ4n) is 3.29. The van der Waals surface area contributed by atoms with Crippen molar-refractivity contribution in [1.82, 2.24) is 9.80 Å². The number of carbonyl (C=O) groups excluding carboxylic acids is 2. The summed E-state index contributed by atoms with van der Waals surface area (Å²) in [5, 5.41) is 0. The molecule has 0 aromatic carbocycles. The lowest BCUT2D eigenvalue weighted by Gasteiger charge is -2.31. The first kappa shape index (κ1) is 13.9. The molecular weight excluding hydrogens is 256 g/mol. The number of hydrogen-bond donors (Lipinski definition) is 0. The van der Waals surface area contributed by atoms with Crippen LogP contribution in [0.1, 0.15) is 38.5 Å². The molecule has 3 aliphatic rings. The SMILES string of the molecule is O=C1CC[C@H](CN2CCCN(C(=O)C3CCC3)CC2)O1. The Morgan fingerprint density at radius 2 is 1.95 bits per heavy atom. The molecule has 1 amide bonds. The van der Waals surface area contributed by atoms with Gasteiger partial charge in [-0.15, -0.1) is 0 Å². The lowest BCUT2D eigenvalue weighted by Crippen LogP contribution is -2.41. The molecule has 0 unspecified atom stereocenters. The fraction of sp³-hybridized carbons (Fsp3) is 0.867. The standard InChI is InChI=1S/C15H24N2O3/c18-14-6-5-13(20-14)11-16-7-2-8-17(10-9-16)15(19)12-3-1-4-12/h12-13H,1-11H2/t13-/m1/s1. The maximum Gasteiger partial charge on any atom is 0.306 e. The maximum atomic E-state index is 12.3. The smallest absolute Gasteiger partial charge is 0.306 e. The number of rotatable bonds is 3. The molecule has 0 N–H and O–H groups in total. The Labute approximate surface area is 120 Å². The second-order valence-corrected chi connectivity index (χ2v) is 6.26. The highest BCUT2D eigenvalue weighted by atomic mass is 16.5. The zero-order valence-electron chi connectivity index (χ0n) is 12.1. The lowest BCUT2D eigenvalue weighted by molar-refractivity contribution is -0.142. The summed E-state index contributed by atoms with van der Waals surface area (Å²) in [6.07, 6.45) is 5.87. The summed E-state index contributed by atoms with van der Waals surface area (Å²) in [7, 11) is 0. The molecule has 3 rings (SSSR count). The van der Waals surface area contributed by atoms with Crippen LogP contribution in [-0.2, 0) is 14.3 Å². The van der Waals surface area contributed by atoms with E-state index >= 15 is 0 Å². The number of ether oxygens (including phenoxy) is 1. The second-order valence-electron chi connectivity index (χ2n) is 6.26. The number of hydrogen-bond acceptors (Lipinski definition) is 4. The van der Waals surface area contributed by atoms with Gasteiger partial charge in [0.1, 0.15) is 6.10 Å². The van der Waals surface area contributed by atoms with Gasteiger partial charge in [0.2, 0.25) is 5.91 Å². The van der Waals surface area contributed by atoms with Crippen molar-refractivity contribution in [2.75, 3.05) is 32.7 Å². The van der Waals surface area contributed by atoms with Crippen LogP contribution in [-0.4, -0.2) is 60.5 Å². The summed E-state index contributed by atoms with van der Waals surface area (Å²) < 4.78 is 5.28. The molecule has 2 saturated heterocycles. The van der Waals surface area contributed by atoms with Crippen molar-refractivity contribution < 1.29 is 14.3 Å². The van der Waals surface area contributed by atoms with Crippen LogP contribution in [0.5, 0.6) is 0 Å². The average Bonchev–Trinajstić information content (AvgIpc) is 2.62. The zero-order chi connectivity index (χ0) is 13.9. The van der Waals surface area contributed by atoms with Crippen molar-refractivity contribution in [3.8, 4) is 0 Å². The van der Waals surface area contributed by atoms with E-state index in [1.807, 2.05) is 4.90 Å². The summed E-state index contributed by atoms with van der Waals surface area (Å²) in [6.45, 7) is 4.46. The average molecular weight is 280 g/mol. The van der Waals surface area contributed by atoms with Gasteiger partial charge in [-0.05, 0) is 25.7 Å². The number of carbonyl (C=O) groups is 2. The molecular formula is C15H24N2O3. The van der Waals surface area contributed by atoms with Crippen molar-refractivity contribution in [2.45, 2.75) is 44.6 Å². The number of cyclic esters (lactones) is 1. The van der Waals surface area contributed by atoms with Gasteiger partial charge in [-0.3, -0.25) is 14.5 Å². The van der Waals surface area contributed by atoms with Gasteiger partial charge in [0, 0.05) is 45.1 Å². The van der Waals surface area contributed by atoms with Gasteiger partial charge in [-0.1, -0.05) is 6.42 Å². The Morgan fingerprint density at radius 3 is 2.60 bits per heavy atom. The number of amides is 1. The molecule has 2 aliphatic heterocycles. The van der Waals surface area contributed by atoms with Crippen LogP contribution in [0.15, 0.2) is 0 Å². The molecule has 2 heterocycles. The van der Waals surface area contributed by atoms with Crippen LogP contribution in [0.25, 0.3) is 0 Å². The monoisotopic (exact) mass is 280 g/mol. The van der Waals surface area contributed by atoms with Gasteiger partial charge >= 0.3 is 5.97 Å². The van der Waals surface area contributed by atoms with Crippen molar-refractivity contribution in [1.29, 1.82) is 0 Å². The minimum absolute atomic E-state index is 0.0633. The van der Waals surface area contributed by atoms with E-state index in [9.17, 15) is 9.59 Å². The minimum Gasteiger partial charge on any atom is -0.461 e. The molecule has 0 aromatic rings. The normalized spacial score (nSPS) is 28.9. The van der Waals surface area contributed by atoms with Gasteiger partial charge in [-0.25, -0.2) is 0 Å². The molecule has 0 spiro atoms. The topological polar surface area (TPSA) is 49.9 Å². The Balaban J connectivity index is 1.46. The first-order valence-corrected chi connectivity index (χ1v) is 7.93. The van der Waals surface area contributed by atoms with Crippen molar-refractivity contribution >= 4 is 11.9 Å². The Morgan fingerprint density at radius 1 is 1.10 bits per heavy atom. The largest absolute Gasteiger partial charge is 0.461 e. The maximum absolute atomic E-state index is 12.3. The van der Waals surface area contributed by atoms with Gasteiger partial charge in [0.05, 0.1) is 0 Å². The van der Waals surface area contributed by atoms with Crippen LogP contribution in [0.3, 0.4) is 0 Å². The fourth-order valence-corrected chi connectivity index (χ4v) is 3.29. The molecule has 3 fully saturated rings. The Bertz CT molecular complexity index is 381. The summed E-state index contributed by atoms with van der Waals surface area (Å²) >= 11 is 0. The quantitative estimate of drug-likeness (QED) is 0.725. The van der Waals surface area contributed by atoms with Gasteiger partial charge in [0.15, 0.2) is 0 Å². The molecule has 0 radical (unpaired) electrons. The second kappa shape index (κ2) is 6.12. The summed E-state index contributed by atoms with van der Waals surface area (Å²) in [5.74, 6) is 0.606. The van der Waals surface area contributed by atoms with E-state index in [0.29, 0.717) is 18.2 Å². The molecule has 5 heteroatoms. The van der Waals surface area contributed by atoms with E-state index < -0.39 is 0 Å². The highest BCUT2D eigenvalue weighted by Gasteiger charge is 2.31.